The Kier molecular flexibility index (Phi) is 6.63. The summed E-state index contributed by atoms with van der Waals surface area (Å²) in [6, 6.07) is 6.33. The number of rotatable bonds is 6. The number of carbonyl (C=O) groups excluding carboxylic acids is 2. The zero-order valence-corrected chi connectivity index (χ0v) is 21.4. The van der Waals surface area contributed by atoms with Crippen molar-refractivity contribution in [3.63, 3.8) is 0 Å². The van der Waals surface area contributed by atoms with Crippen molar-refractivity contribution in [3.05, 3.63) is 53.1 Å². The molecular weight excluding hydrogens is 498 g/mol. The van der Waals surface area contributed by atoms with E-state index in [1.54, 1.807) is 25.4 Å². The maximum atomic E-state index is 13.5. The molecule has 12 heteroatoms. The van der Waals surface area contributed by atoms with Crippen LogP contribution < -0.4 is 16.4 Å². The first kappa shape index (κ1) is 25.2. The van der Waals surface area contributed by atoms with Crippen LogP contribution in [0, 0.1) is 6.92 Å². The lowest BCUT2D eigenvalue weighted by atomic mass is 10.0. The van der Waals surface area contributed by atoms with Gasteiger partial charge < -0.3 is 30.6 Å². The number of hydrogen-bond acceptors (Lipinski definition) is 8. The third kappa shape index (κ3) is 5.30. The molecule has 37 heavy (non-hydrogen) atoms. The second-order valence-corrected chi connectivity index (χ2v) is 10.3. The quantitative estimate of drug-likeness (QED) is 0.280. The monoisotopic (exact) mass is 525 g/mol. The molecule has 0 aliphatic carbocycles. The van der Waals surface area contributed by atoms with E-state index in [9.17, 15) is 9.59 Å². The maximum absolute atomic E-state index is 13.5. The number of aromatic nitrogens is 3. The number of halogens is 1. The Labute approximate surface area is 217 Å². The fourth-order valence-electron chi connectivity index (χ4n) is 4.63. The fourth-order valence-corrected chi connectivity index (χ4v) is 4.85. The van der Waals surface area contributed by atoms with Crippen molar-refractivity contribution >= 4 is 50.9 Å². The number of nitrogens with one attached hydrogen (secondary N) is 3. The smallest absolute Gasteiger partial charge is 0.274 e. The number of hydrogen-bond donors (Lipinski definition) is 4. The van der Waals surface area contributed by atoms with Crippen molar-refractivity contribution in [2.45, 2.75) is 38.6 Å². The molecule has 0 bridgehead atoms. The predicted molar refractivity (Wildman–Crippen MR) is 139 cm³/mol. The Balaban J connectivity index is 1.35. The highest BCUT2D eigenvalue weighted by Gasteiger charge is 2.38. The average Bonchev–Trinajstić information content (AvgIpc) is 3.42. The van der Waals surface area contributed by atoms with Crippen LogP contribution in [0.5, 0.6) is 0 Å². The molecule has 1 unspecified atom stereocenters. The molecule has 0 saturated carbocycles. The summed E-state index contributed by atoms with van der Waals surface area (Å²) >= 11 is 6.40. The molecule has 1 saturated heterocycles. The molecule has 3 aromatic heterocycles. The summed E-state index contributed by atoms with van der Waals surface area (Å²) in [5.74, 6) is -0.208. The summed E-state index contributed by atoms with van der Waals surface area (Å²) in [6.45, 7) is 6.38. The summed E-state index contributed by atoms with van der Waals surface area (Å²) < 4.78 is 10.9. The summed E-state index contributed by atoms with van der Waals surface area (Å²) in [5.41, 5.74) is 8.03. The zero-order valence-electron chi connectivity index (χ0n) is 20.7. The maximum Gasteiger partial charge on any atom is 0.274 e. The summed E-state index contributed by atoms with van der Waals surface area (Å²) in [4.78, 5) is 35.4. The number of benzene rings is 1. The van der Waals surface area contributed by atoms with E-state index >= 15 is 0 Å². The topological polar surface area (TPSA) is 151 Å². The summed E-state index contributed by atoms with van der Waals surface area (Å²) in [5, 5.41) is 11.8. The Bertz CT molecular complexity index is 1480. The zero-order chi connectivity index (χ0) is 26.3. The molecule has 5 N–H and O–H groups in total. The number of carbonyl (C=O) groups is 2. The van der Waals surface area contributed by atoms with Crippen LogP contribution in [0.15, 0.2) is 41.2 Å². The third-order valence-electron chi connectivity index (χ3n) is 6.30. The predicted octanol–water partition coefficient (Wildman–Crippen LogP) is 2.80. The molecule has 2 amide bonds. The summed E-state index contributed by atoms with van der Waals surface area (Å²) in [6.07, 6.45) is 2.68. The number of aryl methyl sites for hydroxylation is 1. The highest BCUT2D eigenvalue weighted by Crippen LogP contribution is 2.33. The van der Waals surface area contributed by atoms with Crippen LogP contribution in [0.25, 0.3) is 21.8 Å². The highest BCUT2D eigenvalue weighted by atomic mass is 35.5. The minimum atomic E-state index is -0.757. The van der Waals surface area contributed by atoms with Gasteiger partial charge in [-0.15, -0.1) is 0 Å². The largest absolute Gasteiger partial charge is 0.372 e. The standard InChI is InChI=1S/C25H28ClN7O4/c1-13-6-18(32-37-13)23(34)31-21(27)10-33-12-25(2,3)36-11-20(33)24(35)30-17-8-14(26)7-16-15-4-5-28-9-19(15)29-22(16)17/h4-9,20-21,29H,10-12,27H2,1-3H3,(H,30,35)(H,31,34)/t20?,21-/m1/s1. The van der Waals surface area contributed by atoms with Crippen molar-refractivity contribution in [1.29, 1.82) is 0 Å². The number of pyridine rings is 1. The molecule has 4 heterocycles. The molecule has 4 aromatic rings. The van der Waals surface area contributed by atoms with Crippen molar-refractivity contribution < 1.29 is 18.8 Å². The number of morpholine rings is 1. The SMILES string of the molecule is Cc1cc(C(=O)N[C@@H](N)CN2CC(C)(C)OCC2C(=O)Nc2cc(Cl)cc3c2[nH]c2cnccc23)no1. The Hall–Kier alpha value is -3.51. The lowest BCUT2D eigenvalue weighted by Gasteiger charge is -2.43. The fraction of sp³-hybridized carbons (Fsp3) is 0.360. The van der Waals surface area contributed by atoms with E-state index in [1.165, 1.54) is 6.07 Å². The Morgan fingerprint density at radius 3 is 2.89 bits per heavy atom. The van der Waals surface area contributed by atoms with Gasteiger partial charge in [0.2, 0.25) is 5.91 Å². The second kappa shape index (κ2) is 9.75. The van der Waals surface area contributed by atoms with Gasteiger partial charge in [-0.25, -0.2) is 0 Å². The van der Waals surface area contributed by atoms with Gasteiger partial charge in [-0.2, -0.15) is 0 Å². The lowest BCUT2D eigenvalue weighted by Crippen LogP contribution is -2.62. The van der Waals surface area contributed by atoms with Crippen LogP contribution >= 0.6 is 11.6 Å². The number of amides is 2. The van der Waals surface area contributed by atoms with Crippen molar-refractivity contribution in [1.82, 2.24) is 25.3 Å². The molecule has 1 aliphatic heterocycles. The van der Waals surface area contributed by atoms with Gasteiger partial charge in [-0.05, 0) is 39.0 Å². The first-order chi connectivity index (χ1) is 17.6. The average molecular weight is 526 g/mol. The van der Waals surface area contributed by atoms with E-state index in [2.05, 4.69) is 25.8 Å². The van der Waals surface area contributed by atoms with Crippen LogP contribution in [0.4, 0.5) is 5.69 Å². The van der Waals surface area contributed by atoms with Gasteiger partial charge in [-0.3, -0.25) is 19.5 Å². The first-order valence-corrected chi connectivity index (χ1v) is 12.2. The van der Waals surface area contributed by atoms with Crippen molar-refractivity contribution in [2.24, 2.45) is 5.73 Å². The molecular formula is C25H28ClN7O4. The molecule has 1 fully saturated rings. The number of H-pyrrole nitrogens is 1. The van der Waals surface area contributed by atoms with Gasteiger partial charge in [0.15, 0.2) is 5.69 Å². The van der Waals surface area contributed by atoms with Crippen molar-refractivity contribution in [3.8, 4) is 0 Å². The highest BCUT2D eigenvalue weighted by molar-refractivity contribution is 6.33. The molecule has 194 valence electrons. The first-order valence-electron chi connectivity index (χ1n) is 11.8. The van der Waals surface area contributed by atoms with E-state index in [0.29, 0.717) is 23.0 Å². The van der Waals surface area contributed by atoms with Gasteiger partial charge in [0.05, 0.1) is 41.3 Å². The summed E-state index contributed by atoms with van der Waals surface area (Å²) in [7, 11) is 0. The van der Waals surface area contributed by atoms with Crippen LogP contribution in [-0.4, -0.2) is 69.3 Å². The van der Waals surface area contributed by atoms with E-state index in [0.717, 1.165) is 21.8 Å². The normalized spacial score (nSPS) is 18.7. The third-order valence-corrected chi connectivity index (χ3v) is 6.52. The molecule has 5 rings (SSSR count). The van der Waals surface area contributed by atoms with Gasteiger partial charge in [0.25, 0.3) is 5.91 Å². The van der Waals surface area contributed by atoms with Gasteiger partial charge >= 0.3 is 0 Å². The van der Waals surface area contributed by atoms with Gasteiger partial charge in [-0.1, -0.05) is 16.8 Å². The van der Waals surface area contributed by atoms with Crippen LogP contribution in [-0.2, 0) is 9.53 Å². The number of aromatic amines is 1. The molecule has 1 aromatic carbocycles. The van der Waals surface area contributed by atoms with E-state index < -0.39 is 23.7 Å². The number of nitrogens with two attached hydrogens (primary N) is 1. The number of anilines is 1. The number of ether oxygens (including phenoxy) is 1. The van der Waals surface area contributed by atoms with Crippen LogP contribution in [0.2, 0.25) is 5.02 Å². The molecule has 1 aliphatic rings. The minimum absolute atomic E-state index is 0.142. The van der Waals surface area contributed by atoms with E-state index in [1.807, 2.05) is 30.9 Å². The second-order valence-electron chi connectivity index (χ2n) is 9.83. The number of fused-ring (bicyclic) bond motifs is 3. The van der Waals surface area contributed by atoms with E-state index in [-0.39, 0.29) is 24.8 Å². The molecule has 0 spiro atoms. The Morgan fingerprint density at radius 1 is 1.32 bits per heavy atom. The van der Waals surface area contributed by atoms with E-state index in [4.69, 9.17) is 26.6 Å². The lowest BCUT2D eigenvalue weighted by molar-refractivity contribution is -0.143. The molecule has 2 atom stereocenters. The van der Waals surface area contributed by atoms with Gasteiger partial charge in [0, 0.05) is 41.1 Å². The minimum Gasteiger partial charge on any atom is -0.372 e. The molecule has 0 radical (unpaired) electrons. The Morgan fingerprint density at radius 2 is 2.14 bits per heavy atom. The van der Waals surface area contributed by atoms with Crippen LogP contribution in [0.1, 0.15) is 30.1 Å². The van der Waals surface area contributed by atoms with Crippen LogP contribution in [0.3, 0.4) is 0 Å². The molecule has 11 nitrogen and oxygen atoms in total. The van der Waals surface area contributed by atoms with Crippen molar-refractivity contribution in [2.75, 3.05) is 25.0 Å². The number of nitrogens with zero attached hydrogens (tertiary/aromatic N) is 3. The van der Waals surface area contributed by atoms with Gasteiger partial charge in [0.1, 0.15) is 11.8 Å².